The van der Waals surface area contributed by atoms with Gasteiger partial charge in [-0.05, 0) is 13.8 Å². The van der Waals surface area contributed by atoms with E-state index in [-0.39, 0.29) is 0 Å². The SMILES string of the molecule is CC(C=NO)=NN=C(C)C=NO. The molecular weight excluding hydrogens is 160 g/mol. The molecule has 0 fully saturated rings. The van der Waals surface area contributed by atoms with Gasteiger partial charge in [0.2, 0.25) is 0 Å². The zero-order valence-corrected chi connectivity index (χ0v) is 6.84. The van der Waals surface area contributed by atoms with Crippen LogP contribution >= 0.6 is 0 Å². The molecule has 0 aliphatic carbocycles. The second-order valence-corrected chi connectivity index (χ2v) is 1.97. The Labute approximate surface area is 69.6 Å². The van der Waals surface area contributed by atoms with Gasteiger partial charge in [0.1, 0.15) is 0 Å². The molecule has 6 heteroatoms. The zero-order chi connectivity index (χ0) is 9.40. The van der Waals surface area contributed by atoms with Gasteiger partial charge >= 0.3 is 0 Å². The lowest BCUT2D eigenvalue weighted by atomic mass is 10.5. The molecular formula is C6H10N4O2. The predicted octanol–water partition coefficient (Wildman–Crippen LogP) is 0.743. The molecule has 0 unspecified atom stereocenters. The Morgan fingerprint density at radius 3 is 1.50 bits per heavy atom. The lowest BCUT2D eigenvalue weighted by Gasteiger charge is -1.85. The van der Waals surface area contributed by atoms with E-state index in [1.54, 1.807) is 13.8 Å². The minimum Gasteiger partial charge on any atom is -0.411 e. The Bertz CT molecular complexity index is 216. The van der Waals surface area contributed by atoms with Crippen molar-refractivity contribution < 1.29 is 10.4 Å². The van der Waals surface area contributed by atoms with Crippen molar-refractivity contribution in [3.63, 3.8) is 0 Å². The van der Waals surface area contributed by atoms with Gasteiger partial charge in [-0.3, -0.25) is 0 Å². The van der Waals surface area contributed by atoms with E-state index in [9.17, 15) is 0 Å². The van der Waals surface area contributed by atoms with Crippen molar-refractivity contribution >= 4 is 23.9 Å². The molecule has 0 saturated carbocycles. The van der Waals surface area contributed by atoms with Crippen LogP contribution in [0, 0.1) is 0 Å². The van der Waals surface area contributed by atoms with Crippen LogP contribution in [0.3, 0.4) is 0 Å². The first-order valence-electron chi connectivity index (χ1n) is 3.14. The molecule has 0 rings (SSSR count). The van der Waals surface area contributed by atoms with Gasteiger partial charge < -0.3 is 10.4 Å². The van der Waals surface area contributed by atoms with E-state index < -0.39 is 0 Å². The molecule has 0 spiro atoms. The Hall–Kier alpha value is -1.72. The van der Waals surface area contributed by atoms with E-state index in [0.717, 1.165) is 12.4 Å². The Morgan fingerprint density at radius 1 is 0.917 bits per heavy atom. The van der Waals surface area contributed by atoms with Gasteiger partial charge in [-0.15, -0.1) is 0 Å². The molecule has 0 aliphatic heterocycles. The summed E-state index contributed by atoms with van der Waals surface area (Å²) in [7, 11) is 0. The second kappa shape index (κ2) is 6.02. The summed E-state index contributed by atoms with van der Waals surface area (Å²) in [4.78, 5) is 0. The molecule has 0 saturated heterocycles. The molecule has 12 heavy (non-hydrogen) atoms. The minimum absolute atomic E-state index is 0.447. The summed E-state index contributed by atoms with van der Waals surface area (Å²) in [6.07, 6.45) is 2.29. The van der Waals surface area contributed by atoms with Gasteiger partial charge in [-0.2, -0.15) is 10.2 Å². The number of hydrogen-bond donors (Lipinski definition) is 2. The van der Waals surface area contributed by atoms with Gasteiger partial charge in [-0.25, -0.2) is 0 Å². The summed E-state index contributed by atoms with van der Waals surface area (Å²) < 4.78 is 0. The smallest absolute Gasteiger partial charge is 0.0892 e. The molecule has 0 aromatic rings. The normalized spacial score (nSPS) is 14.8. The topological polar surface area (TPSA) is 89.9 Å². The Morgan fingerprint density at radius 2 is 1.25 bits per heavy atom. The van der Waals surface area contributed by atoms with E-state index >= 15 is 0 Å². The quantitative estimate of drug-likeness (QED) is 0.371. The van der Waals surface area contributed by atoms with Crippen molar-refractivity contribution in [1.82, 2.24) is 0 Å². The number of rotatable bonds is 3. The zero-order valence-electron chi connectivity index (χ0n) is 6.84. The van der Waals surface area contributed by atoms with Gasteiger partial charge in [0.15, 0.2) is 0 Å². The maximum absolute atomic E-state index is 8.08. The maximum Gasteiger partial charge on any atom is 0.0892 e. The standard InChI is InChI=1S/C6H10N4O2/c1-5(3-7-11)9-10-6(2)4-8-12/h3-4,11-12H,1-2H3. The summed E-state index contributed by atoms with van der Waals surface area (Å²) in [5.74, 6) is 0. The fraction of sp³-hybridized carbons (Fsp3) is 0.333. The molecule has 0 atom stereocenters. The van der Waals surface area contributed by atoms with Crippen molar-refractivity contribution in [3.05, 3.63) is 0 Å². The fourth-order valence-corrected chi connectivity index (χ4v) is 0.376. The third-order valence-corrected chi connectivity index (χ3v) is 0.855. The average Bonchev–Trinajstić information content (AvgIpc) is 2.02. The Kier molecular flexibility index (Phi) is 5.16. The number of oxime groups is 2. The average molecular weight is 170 g/mol. The molecule has 0 radical (unpaired) electrons. The number of nitrogens with zero attached hydrogens (tertiary/aromatic N) is 4. The van der Waals surface area contributed by atoms with E-state index in [1.165, 1.54) is 0 Å². The number of hydrogen-bond acceptors (Lipinski definition) is 6. The highest BCUT2D eigenvalue weighted by Crippen LogP contribution is 1.79. The maximum atomic E-state index is 8.08. The van der Waals surface area contributed by atoms with Gasteiger partial charge in [0, 0.05) is 0 Å². The summed E-state index contributed by atoms with van der Waals surface area (Å²) in [6, 6.07) is 0. The van der Waals surface area contributed by atoms with E-state index in [1.807, 2.05) is 0 Å². The van der Waals surface area contributed by atoms with Gasteiger partial charge in [-0.1, -0.05) is 10.3 Å². The van der Waals surface area contributed by atoms with Crippen molar-refractivity contribution in [1.29, 1.82) is 0 Å². The van der Waals surface area contributed by atoms with Crippen molar-refractivity contribution in [2.24, 2.45) is 20.5 Å². The minimum atomic E-state index is 0.447. The van der Waals surface area contributed by atoms with Gasteiger partial charge in [0.05, 0.1) is 23.9 Å². The molecule has 0 amide bonds. The summed E-state index contributed by atoms with van der Waals surface area (Å²) >= 11 is 0. The summed E-state index contributed by atoms with van der Waals surface area (Å²) in [5.41, 5.74) is 0.895. The highest BCUT2D eigenvalue weighted by molar-refractivity contribution is 6.31. The third kappa shape index (κ3) is 5.10. The second-order valence-electron chi connectivity index (χ2n) is 1.97. The first-order valence-corrected chi connectivity index (χ1v) is 3.14. The van der Waals surface area contributed by atoms with Gasteiger partial charge in [0.25, 0.3) is 0 Å². The van der Waals surface area contributed by atoms with Crippen LogP contribution in [0.4, 0.5) is 0 Å². The highest BCUT2D eigenvalue weighted by Gasteiger charge is 1.84. The molecule has 0 aliphatic rings. The van der Waals surface area contributed by atoms with E-state index in [4.69, 9.17) is 10.4 Å². The van der Waals surface area contributed by atoms with Crippen molar-refractivity contribution in [3.8, 4) is 0 Å². The molecule has 0 heterocycles. The van der Waals surface area contributed by atoms with E-state index in [2.05, 4.69) is 20.5 Å². The van der Waals surface area contributed by atoms with Crippen LogP contribution in [0.5, 0.6) is 0 Å². The van der Waals surface area contributed by atoms with Crippen LogP contribution in [0.25, 0.3) is 0 Å². The molecule has 2 N–H and O–H groups in total. The largest absolute Gasteiger partial charge is 0.411 e. The predicted molar refractivity (Wildman–Crippen MR) is 46.8 cm³/mol. The molecule has 0 aromatic carbocycles. The van der Waals surface area contributed by atoms with Crippen LogP contribution in [-0.4, -0.2) is 34.3 Å². The van der Waals surface area contributed by atoms with Crippen LogP contribution in [0.1, 0.15) is 13.8 Å². The van der Waals surface area contributed by atoms with E-state index in [0.29, 0.717) is 11.4 Å². The van der Waals surface area contributed by atoms with Crippen LogP contribution < -0.4 is 0 Å². The highest BCUT2D eigenvalue weighted by atomic mass is 16.4. The van der Waals surface area contributed by atoms with Crippen molar-refractivity contribution in [2.75, 3.05) is 0 Å². The lowest BCUT2D eigenvalue weighted by Crippen LogP contribution is -1.94. The Balaban J connectivity index is 4.26. The fourth-order valence-electron chi connectivity index (χ4n) is 0.376. The van der Waals surface area contributed by atoms with Crippen molar-refractivity contribution in [2.45, 2.75) is 13.8 Å². The lowest BCUT2D eigenvalue weighted by molar-refractivity contribution is 0.322. The molecule has 0 aromatic heterocycles. The summed E-state index contributed by atoms with van der Waals surface area (Å²) in [5, 5.41) is 28.9. The molecule has 6 nitrogen and oxygen atoms in total. The van der Waals surface area contributed by atoms with Crippen LogP contribution in [0.2, 0.25) is 0 Å². The first kappa shape index (κ1) is 10.3. The van der Waals surface area contributed by atoms with Crippen LogP contribution in [0.15, 0.2) is 20.5 Å². The third-order valence-electron chi connectivity index (χ3n) is 0.855. The first-order chi connectivity index (χ1) is 5.70. The van der Waals surface area contributed by atoms with Crippen LogP contribution in [-0.2, 0) is 0 Å². The molecule has 0 bridgehead atoms. The summed E-state index contributed by atoms with van der Waals surface area (Å²) in [6.45, 7) is 3.24. The monoisotopic (exact) mass is 170 g/mol. The molecule has 66 valence electrons.